The number of aryl methyl sites for hydroxylation is 1. The molecule has 6 heteroatoms. The molecule has 22 heavy (non-hydrogen) atoms. The third kappa shape index (κ3) is 3.49. The summed E-state index contributed by atoms with van der Waals surface area (Å²) in [5.74, 6) is 0.176. The van der Waals surface area contributed by atoms with Crippen LogP contribution in [-0.2, 0) is 4.79 Å². The molecule has 1 N–H and O–H groups in total. The Hall–Kier alpha value is -2.27. The third-order valence-corrected chi connectivity index (χ3v) is 3.54. The molecule has 0 fully saturated rings. The monoisotopic (exact) mass is 320 g/mol. The Morgan fingerprint density at radius 2 is 2.05 bits per heavy atom. The summed E-state index contributed by atoms with van der Waals surface area (Å²) in [5.41, 5.74) is 1.14. The second kappa shape index (κ2) is 6.66. The molecule has 1 heterocycles. The fourth-order valence-corrected chi connectivity index (χ4v) is 2.23. The van der Waals surface area contributed by atoms with E-state index >= 15 is 0 Å². The molecule has 2 rings (SSSR count). The Morgan fingerprint density at radius 3 is 2.73 bits per heavy atom. The largest absolute Gasteiger partial charge is 0.495 e. The molecule has 5 nitrogen and oxygen atoms in total. The molecule has 1 aromatic carbocycles. The van der Waals surface area contributed by atoms with Gasteiger partial charge in [0.2, 0.25) is 5.91 Å². The Kier molecular flexibility index (Phi) is 4.88. The Morgan fingerprint density at radius 1 is 1.32 bits per heavy atom. The number of amides is 1. The van der Waals surface area contributed by atoms with Crippen LogP contribution in [0.3, 0.4) is 0 Å². The molecule has 1 aromatic heterocycles. The highest BCUT2D eigenvalue weighted by atomic mass is 35.5. The van der Waals surface area contributed by atoms with Gasteiger partial charge in [0.1, 0.15) is 11.8 Å². The first-order valence-corrected chi connectivity index (χ1v) is 7.13. The van der Waals surface area contributed by atoms with Crippen molar-refractivity contribution in [1.82, 2.24) is 4.57 Å². The molecule has 0 aliphatic rings. The van der Waals surface area contributed by atoms with Crippen molar-refractivity contribution in [3.8, 4) is 5.75 Å². The van der Waals surface area contributed by atoms with Crippen molar-refractivity contribution in [3.05, 3.63) is 57.5 Å². The van der Waals surface area contributed by atoms with Gasteiger partial charge in [0.05, 0.1) is 12.8 Å². The lowest BCUT2D eigenvalue weighted by Gasteiger charge is -2.17. The average molecular weight is 321 g/mol. The maximum Gasteiger partial charge on any atom is 0.251 e. The number of methoxy groups -OCH3 is 1. The molecule has 0 saturated carbocycles. The summed E-state index contributed by atoms with van der Waals surface area (Å²) in [7, 11) is 1.51. The highest BCUT2D eigenvalue weighted by Crippen LogP contribution is 2.28. The highest BCUT2D eigenvalue weighted by Gasteiger charge is 2.18. The first-order chi connectivity index (χ1) is 10.4. The van der Waals surface area contributed by atoms with Gasteiger partial charge in [0.15, 0.2) is 0 Å². The van der Waals surface area contributed by atoms with Crippen LogP contribution in [0.15, 0.2) is 41.3 Å². The van der Waals surface area contributed by atoms with Gasteiger partial charge in [-0.2, -0.15) is 0 Å². The van der Waals surface area contributed by atoms with Crippen molar-refractivity contribution in [3.63, 3.8) is 0 Å². The first-order valence-electron chi connectivity index (χ1n) is 6.75. The lowest BCUT2D eigenvalue weighted by atomic mass is 10.2. The number of hydrogen-bond acceptors (Lipinski definition) is 3. The van der Waals surface area contributed by atoms with Gasteiger partial charge in [0, 0.05) is 17.3 Å². The van der Waals surface area contributed by atoms with E-state index in [9.17, 15) is 9.59 Å². The van der Waals surface area contributed by atoms with Crippen LogP contribution in [-0.4, -0.2) is 17.6 Å². The van der Waals surface area contributed by atoms with Crippen LogP contribution >= 0.6 is 11.6 Å². The van der Waals surface area contributed by atoms with Gasteiger partial charge in [-0.15, -0.1) is 0 Å². The second-order valence-corrected chi connectivity index (χ2v) is 5.40. The summed E-state index contributed by atoms with van der Waals surface area (Å²) in [6.07, 6.45) is 1.65. The van der Waals surface area contributed by atoms with Crippen molar-refractivity contribution in [2.24, 2.45) is 0 Å². The minimum atomic E-state index is -0.656. The summed E-state index contributed by atoms with van der Waals surface area (Å²) >= 11 is 5.94. The van der Waals surface area contributed by atoms with Crippen molar-refractivity contribution >= 4 is 23.2 Å². The van der Waals surface area contributed by atoms with E-state index in [4.69, 9.17) is 16.3 Å². The van der Waals surface area contributed by atoms with Crippen LogP contribution in [0.25, 0.3) is 0 Å². The van der Waals surface area contributed by atoms with Crippen LogP contribution in [0.1, 0.15) is 18.5 Å². The Labute approximate surface area is 133 Å². The van der Waals surface area contributed by atoms with Crippen LogP contribution in [0.4, 0.5) is 5.69 Å². The molecule has 0 bridgehead atoms. The van der Waals surface area contributed by atoms with E-state index in [0.717, 1.165) is 5.56 Å². The summed E-state index contributed by atoms with van der Waals surface area (Å²) in [5, 5.41) is 3.22. The molecule has 2 aromatic rings. The van der Waals surface area contributed by atoms with Crippen LogP contribution in [0, 0.1) is 6.92 Å². The molecule has 1 amide bonds. The molecule has 0 spiro atoms. The first kappa shape index (κ1) is 16.1. The maximum absolute atomic E-state index is 12.4. The van der Waals surface area contributed by atoms with Crippen molar-refractivity contribution in [2.75, 3.05) is 12.4 Å². The summed E-state index contributed by atoms with van der Waals surface area (Å²) in [6.45, 7) is 3.52. The predicted molar refractivity (Wildman–Crippen MR) is 86.8 cm³/mol. The van der Waals surface area contributed by atoms with Gasteiger partial charge >= 0.3 is 0 Å². The topological polar surface area (TPSA) is 60.3 Å². The number of anilines is 1. The SMILES string of the molecule is COc1ccc(Cl)cc1NC(=O)C(C)n1cc(C)ccc1=O. The van der Waals surface area contributed by atoms with Crippen LogP contribution < -0.4 is 15.6 Å². The number of ether oxygens (including phenoxy) is 1. The van der Waals surface area contributed by atoms with Gasteiger partial charge in [-0.3, -0.25) is 9.59 Å². The molecule has 0 aliphatic carbocycles. The quantitative estimate of drug-likeness (QED) is 0.942. The van der Waals surface area contributed by atoms with E-state index in [1.165, 1.54) is 17.7 Å². The average Bonchev–Trinajstić information content (AvgIpc) is 2.49. The Bertz CT molecular complexity index is 755. The van der Waals surface area contributed by atoms with Crippen molar-refractivity contribution in [2.45, 2.75) is 19.9 Å². The number of aromatic nitrogens is 1. The van der Waals surface area contributed by atoms with E-state index in [1.54, 1.807) is 37.4 Å². The number of carbonyl (C=O) groups excluding carboxylic acids is 1. The highest BCUT2D eigenvalue weighted by molar-refractivity contribution is 6.31. The molecule has 0 saturated heterocycles. The molecular formula is C16H17ClN2O3. The lowest BCUT2D eigenvalue weighted by Crippen LogP contribution is -2.31. The number of benzene rings is 1. The molecule has 1 atom stereocenters. The van der Waals surface area contributed by atoms with E-state index in [1.807, 2.05) is 6.92 Å². The zero-order chi connectivity index (χ0) is 16.3. The number of rotatable bonds is 4. The number of halogens is 1. The molecule has 0 aliphatic heterocycles. The smallest absolute Gasteiger partial charge is 0.251 e. The van der Waals surface area contributed by atoms with Crippen molar-refractivity contribution in [1.29, 1.82) is 0 Å². The molecular weight excluding hydrogens is 304 g/mol. The minimum absolute atomic E-state index is 0.230. The molecule has 1 unspecified atom stereocenters. The number of nitrogens with one attached hydrogen (secondary N) is 1. The second-order valence-electron chi connectivity index (χ2n) is 4.96. The van der Waals surface area contributed by atoms with Gasteiger partial charge in [-0.05, 0) is 37.6 Å². The minimum Gasteiger partial charge on any atom is -0.495 e. The van der Waals surface area contributed by atoms with Gasteiger partial charge in [-0.25, -0.2) is 0 Å². The summed E-state index contributed by atoms with van der Waals surface area (Å²) in [4.78, 5) is 24.3. The molecule has 116 valence electrons. The Balaban J connectivity index is 2.27. The molecule has 0 radical (unpaired) electrons. The van der Waals surface area contributed by atoms with E-state index in [-0.39, 0.29) is 11.5 Å². The number of hydrogen-bond donors (Lipinski definition) is 1. The van der Waals surface area contributed by atoms with E-state index in [2.05, 4.69) is 5.32 Å². The van der Waals surface area contributed by atoms with Gasteiger partial charge in [-0.1, -0.05) is 17.7 Å². The zero-order valence-corrected chi connectivity index (χ0v) is 13.3. The zero-order valence-electron chi connectivity index (χ0n) is 12.6. The lowest BCUT2D eigenvalue weighted by molar-refractivity contribution is -0.118. The third-order valence-electron chi connectivity index (χ3n) is 3.30. The summed E-state index contributed by atoms with van der Waals surface area (Å²) < 4.78 is 6.58. The number of nitrogens with zero attached hydrogens (tertiary/aromatic N) is 1. The van der Waals surface area contributed by atoms with Crippen LogP contribution in [0.2, 0.25) is 5.02 Å². The van der Waals surface area contributed by atoms with E-state index < -0.39 is 6.04 Å². The fourth-order valence-electron chi connectivity index (χ4n) is 2.06. The standard InChI is InChI=1S/C16H17ClN2O3/c1-10-4-7-15(20)19(9-10)11(2)16(21)18-13-8-12(17)5-6-14(13)22-3/h4-9,11H,1-3H3,(H,18,21). The van der Waals surface area contributed by atoms with E-state index in [0.29, 0.717) is 16.5 Å². The van der Waals surface area contributed by atoms with Gasteiger partial charge in [0.25, 0.3) is 5.56 Å². The predicted octanol–water partition coefficient (Wildman–Crippen LogP) is 3.02. The van der Waals surface area contributed by atoms with Crippen molar-refractivity contribution < 1.29 is 9.53 Å². The fraction of sp³-hybridized carbons (Fsp3) is 0.250. The van der Waals surface area contributed by atoms with Gasteiger partial charge < -0.3 is 14.6 Å². The normalized spacial score (nSPS) is 11.8. The summed E-state index contributed by atoms with van der Waals surface area (Å²) in [6, 6.07) is 7.44. The van der Waals surface area contributed by atoms with Crippen LogP contribution in [0.5, 0.6) is 5.75 Å². The maximum atomic E-state index is 12.4. The number of carbonyl (C=O) groups is 1. The number of pyridine rings is 1.